The van der Waals surface area contributed by atoms with E-state index in [4.69, 9.17) is 11.6 Å². The number of carbonyl (C=O) groups excluding carboxylic acids is 1. The number of carbonyl (C=O) groups is 1. The van der Waals surface area contributed by atoms with Crippen LogP contribution in [0.5, 0.6) is 0 Å². The first-order valence-electron chi connectivity index (χ1n) is 7.57. The van der Waals surface area contributed by atoms with Crippen molar-refractivity contribution in [3.8, 4) is 0 Å². The summed E-state index contributed by atoms with van der Waals surface area (Å²) < 4.78 is 1.97. The summed E-state index contributed by atoms with van der Waals surface area (Å²) in [5.74, 6) is 0.508. The molecule has 1 aromatic carbocycles. The summed E-state index contributed by atoms with van der Waals surface area (Å²) in [6.45, 7) is 0.767. The summed E-state index contributed by atoms with van der Waals surface area (Å²) in [5.41, 5.74) is 1.82. The van der Waals surface area contributed by atoms with Crippen molar-refractivity contribution in [3.05, 3.63) is 53.3 Å². The van der Waals surface area contributed by atoms with Crippen LogP contribution in [-0.4, -0.2) is 42.0 Å². The SMILES string of the molecule is CN=C(NCC(=O)Nc1ccccc1)N(C)Cc1cc(Cl)cn1C. The average molecular weight is 348 g/mol. The molecule has 2 N–H and O–H groups in total. The van der Waals surface area contributed by atoms with Gasteiger partial charge in [-0.1, -0.05) is 29.8 Å². The van der Waals surface area contributed by atoms with Gasteiger partial charge in [0, 0.05) is 38.7 Å². The Balaban J connectivity index is 1.87. The smallest absolute Gasteiger partial charge is 0.243 e. The Morgan fingerprint density at radius 1 is 1.33 bits per heavy atom. The van der Waals surface area contributed by atoms with E-state index in [0.29, 0.717) is 17.5 Å². The van der Waals surface area contributed by atoms with E-state index in [0.717, 1.165) is 11.4 Å². The van der Waals surface area contributed by atoms with Crippen molar-refractivity contribution in [1.82, 2.24) is 14.8 Å². The van der Waals surface area contributed by atoms with Crippen LogP contribution in [0.4, 0.5) is 5.69 Å². The van der Waals surface area contributed by atoms with E-state index >= 15 is 0 Å². The highest BCUT2D eigenvalue weighted by Gasteiger charge is 2.11. The van der Waals surface area contributed by atoms with Gasteiger partial charge >= 0.3 is 0 Å². The third-order valence-electron chi connectivity index (χ3n) is 3.51. The van der Waals surface area contributed by atoms with Crippen molar-refractivity contribution in [3.63, 3.8) is 0 Å². The van der Waals surface area contributed by atoms with Gasteiger partial charge in [-0.25, -0.2) is 0 Å². The summed E-state index contributed by atoms with van der Waals surface area (Å²) in [5, 5.41) is 6.58. The van der Waals surface area contributed by atoms with E-state index < -0.39 is 0 Å². The third-order valence-corrected chi connectivity index (χ3v) is 3.72. The number of hydrogen-bond acceptors (Lipinski definition) is 2. The van der Waals surface area contributed by atoms with Crippen LogP contribution in [0, 0.1) is 0 Å². The second-order valence-electron chi connectivity index (χ2n) is 5.43. The molecule has 0 aliphatic rings. The van der Waals surface area contributed by atoms with Crippen LogP contribution in [0.1, 0.15) is 5.69 Å². The number of nitrogens with one attached hydrogen (secondary N) is 2. The quantitative estimate of drug-likeness (QED) is 0.644. The van der Waals surface area contributed by atoms with E-state index in [1.54, 1.807) is 7.05 Å². The number of guanidine groups is 1. The molecule has 1 heterocycles. The van der Waals surface area contributed by atoms with Gasteiger partial charge in [-0.2, -0.15) is 0 Å². The molecule has 1 amide bonds. The van der Waals surface area contributed by atoms with Gasteiger partial charge in [-0.3, -0.25) is 9.79 Å². The van der Waals surface area contributed by atoms with Crippen LogP contribution in [0.25, 0.3) is 0 Å². The van der Waals surface area contributed by atoms with Crippen molar-refractivity contribution in [1.29, 1.82) is 0 Å². The minimum atomic E-state index is -0.127. The summed E-state index contributed by atoms with van der Waals surface area (Å²) >= 11 is 6.00. The maximum absolute atomic E-state index is 12.0. The van der Waals surface area contributed by atoms with Gasteiger partial charge < -0.3 is 20.1 Å². The lowest BCUT2D eigenvalue weighted by atomic mass is 10.3. The zero-order chi connectivity index (χ0) is 17.5. The monoisotopic (exact) mass is 347 g/mol. The molecule has 0 radical (unpaired) electrons. The second-order valence-corrected chi connectivity index (χ2v) is 5.87. The van der Waals surface area contributed by atoms with E-state index in [1.165, 1.54) is 0 Å². The number of aromatic nitrogens is 1. The highest BCUT2D eigenvalue weighted by molar-refractivity contribution is 6.30. The van der Waals surface area contributed by atoms with Crippen LogP contribution in [0.2, 0.25) is 5.02 Å². The normalized spacial score (nSPS) is 11.2. The zero-order valence-corrected chi connectivity index (χ0v) is 14.8. The minimum absolute atomic E-state index is 0.127. The predicted octanol–water partition coefficient (Wildman–Crippen LogP) is 2.32. The molecule has 0 aliphatic carbocycles. The van der Waals surface area contributed by atoms with Gasteiger partial charge in [0.25, 0.3) is 0 Å². The van der Waals surface area contributed by atoms with E-state index in [9.17, 15) is 4.79 Å². The first-order chi connectivity index (χ1) is 11.5. The van der Waals surface area contributed by atoms with Crippen molar-refractivity contribution in [2.75, 3.05) is 26.0 Å². The molecule has 0 fully saturated rings. The van der Waals surface area contributed by atoms with Crippen LogP contribution < -0.4 is 10.6 Å². The molecule has 0 spiro atoms. The molecule has 7 heteroatoms. The van der Waals surface area contributed by atoms with Gasteiger partial charge in [-0.15, -0.1) is 0 Å². The number of benzene rings is 1. The van der Waals surface area contributed by atoms with Crippen molar-refractivity contribution in [2.24, 2.45) is 12.0 Å². The topological polar surface area (TPSA) is 61.7 Å². The number of rotatable bonds is 5. The Hall–Kier alpha value is -2.47. The molecule has 0 saturated heterocycles. The third kappa shape index (κ3) is 5.03. The van der Waals surface area contributed by atoms with Gasteiger partial charge in [0.2, 0.25) is 5.91 Å². The molecule has 6 nitrogen and oxygen atoms in total. The number of nitrogens with zero attached hydrogens (tertiary/aromatic N) is 3. The summed E-state index contributed by atoms with van der Waals surface area (Å²) in [4.78, 5) is 18.1. The summed E-state index contributed by atoms with van der Waals surface area (Å²) in [6.07, 6.45) is 1.86. The van der Waals surface area contributed by atoms with E-state index in [-0.39, 0.29) is 12.5 Å². The molecular formula is C17H22ClN5O. The van der Waals surface area contributed by atoms with Crippen LogP contribution in [0.3, 0.4) is 0 Å². The molecule has 0 saturated carbocycles. The largest absolute Gasteiger partial charge is 0.351 e. The zero-order valence-electron chi connectivity index (χ0n) is 14.1. The molecule has 0 unspecified atom stereocenters. The Bertz CT molecular complexity index is 711. The lowest BCUT2D eigenvalue weighted by molar-refractivity contribution is -0.115. The maximum Gasteiger partial charge on any atom is 0.243 e. The number of para-hydroxylation sites is 1. The number of halogens is 1. The number of anilines is 1. The highest BCUT2D eigenvalue weighted by atomic mass is 35.5. The van der Waals surface area contributed by atoms with E-state index in [1.807, 2.05) is 66.2 Å². The number of amides is 1. The van der Waals surface area contributed by atoms with Crippen molar-refractivity contribution >= 4 is 29.2 Å². The molecule has 2 rings (SSSR count). The van der Waals surface area contributed by atoms with Gasteiger partial charge in [0.15, 0.2) is 5.96 Å². The van der Waals surface area contributed by atoms with E-state index in [2.05, 4.69) is 15.6 Å². The minimum Gasteiger partial charge on any atom is -0.351 e. The lowest BCUT2D eigenvalue weighted by Crippen LogP contribution is -2.42. The second kappa shape index (κ2) is 8.40. The van der Waals surface area contributed by atoms with Gasteiger partial charge in [0.05, 0.1) is 18.1 Å². The average Bonchev–Trinajstić information content (AvgIpc) is 2.86. The number of hydrogen-bond donors (Lipinski definition) is 2. The fourth-order valence-electron chi connectivity index (χ4n) is 2.31. The predicted molar refractivity (Wildman–Crippen MR) is 98.3 cm³/mol. The van der Waals surface area contributed by atoms with Crippen molar-refractivity contribution < 1.29 is 4.79 Å². The molecule has 0 aliphatic heterocycles. The summed E-state index contributed by atoms with van der Waals surface area (Å²) in [7, 11) is 5.54. The Morgan fingerprint density at radius 2 is 2.04 bits per heavy atom. The number of aliphatic imine (C=N–C) groups is 1. The molecule has 128 valence electrons. The molecule has 1 aromatic heterocycles. The molecule has 0 atom stereocenters. The highest BCUT2D eigenvalue weighted by Crippen LogP contribution is 2.14. The van der Waals surface area contributed by atoms with Crippen molar-refractivity contribution in [2.45, 2.75) is 6.54 Å². The van der Waals surface area contributed by atoms with Gasteiger partial charge in [-0.05, 0) is 18.2 Å². The molecular weight excluding hydrogens is 326 g/mol. The molecule has 0 bridgehead atoms. The standard InChI is InChI=1S/C17H22ClN5O/c1-19-17(23(3)12-15-9-13(18)11-22(15)2)20-10-16(24)21-14-7-5-4-6-8-14/h4-9,11H,10,12H2,1-3H3,(H,19,20)(H,21,24). The number of aryl methyl sites for hydroxylation is 1. The van der Waals surface area contributed by atoms with Crippen LogP contribution >= 0.6 is 11.6 Å². The Labute approximate surface area is 147 Å². The maximum atomic E-state index is 12.0. The molecule has 2 aromatic rings. The van der Waals surface area contributed by atoms with Crippen LogP contribution in [0.15, 0.2) is 47.6 Å². The lowest BCUT2D eigenvalue weighted by Gasteiger charge is -2.22. The van der Waals surface area contributed by atoms with Crippen LogP contribution in [-0.2, 0) is 18.4 Å². The summed E-state index contributed by atoms with van der Waals surface area (Å²) in [6, 6.07) is 11.3. The Morgan fingerprint density at radius 3 is 2.62 bits per heavy atom. The Kier molecular flexibility index (Phi) is 6.26. The fourth-order valence-corrected chi connectivity index (χ4v) is 2.58. The first-order valence-corrected chi connectivity index (χ1v) is 7.95. The first kappa shape index (κ1) is 17.9. The molecule has 24 heavy (non-hydrogen) atoms. The fraction of sp³-hybridized carbons (Fsp3) is 0.294. The van der Waals surface area contributed by atoms with Gasteiger partial charge in [0.1, 0.15) is 0 Å².